The highest BCUT2D eigenvalue weighted by Crippen LogP contribution is 2.23. The van der Waals surface area contributed by atoms with Crippen molar-refractivity contribution >= 4 is 27.3 Å². The van der Waals surface area contributed by atoms with Crippen LogP contribution in [0.2, 0.25) is 0 Å². The minimum Gasteiger partial charge on any atom is -0.310 e. The summed E-state index contributed by atoms with van der Waals surface area (Å²) in [4.78, 5) is 1.43. The molecule has 0 saturated carbocycles. The maximum absolute atomic E-state index is 3.72. The van der Waals surface area contributed by atoms with E-state index < -0.39 is 0 Å². The van der Waals surface area contributed by atoms with Crippen LogP contribution in [0, 0.1) is 5.92 Å². The van der Waals surface area contributed by atoms with Gasteiger partial charge in [0.1, 0.15) is 0 Å². The van der Waals surface area contributed by atoms with E-state index in [4.69, 9.17) is 0 Å². The van der Waals surface area contributed by atoms with Crippen molar-refractivity contribution in [2.24, 2.45) is 5.92 Å². The van der Waals surface area contributed by atoms with Gasteiger partial charge in [-0.2, -0.15) is 0 Å². The molecule has 1 atom stereocenters. The van der Waals surface area contributed by atoms with Gasteiger partial charge in [-0.3, -0.25) is 0 Å². The average Bonchev–Trinajstić information content (AvgIpc) is 2.84. The Kier molecular flexibility index (Phi) is 6.27. The standard InChI is InChI=1S/C17H22BrNS/c1-13(2)12-16(14-6-4-3-5-7-14)19-11-10-15-8-9-17(18)20-15/h3-9,13,16,19H,10-12H2,1-2H3. The molecule has 0 saturated heterocycles. The Morgan fingerprint density at radius 2 is 1.85 bits per heavy atom. The third-order valence-electron chi connectivity index (χ3n) is 3.30. The average molecular weight is 352 g/mol. The summed E-state index contributed by atoms with van der Waals surface area (Å²) in [7, 11) is 0. The number of hydrogen-bond donors (Lipinski definition) is 1. The number of benzene rings is 1. The third-order valence-corrected chi connectivity index (χ3v) is 4.98. The first-order valence-electron chi connectivity index (χ1n) is 7.17. The highest BCUT2D eigenvalue weighted by Gasteiger charge is 2.12. The van der Waals surface area contributed by atoms with Crippen LogP contribution in [0.5, 0.6) is 0 Å². The zero-order chi connectivity index (χ0) is 14.4. The number of hydrogen-bond acceptors (Lipinski definition) is 2. The zero-order valence-corrected chi connectivity index (χ0v) is 14.5. The molecule has 0 aliphatic carbocycles. The van der Waals surface area contributed by atoms with Crippen molar-refractivity contribution in [1.82, 2.24) is 5.32 Å². The maximum Gasteiger partial charge on any atom is 0.0701 e. The van der Waals surface area contributed by atoms with E-state index in [0.717, 1.165) is 13.0 Å². The summed E-state index contributed by atoms with van der Waals surface area (Å²) in [6.45, 7) is 5.60. The molecular weight excluding hydrogens is 330 g/mol. The van der Waals surface area contributed by atoms with Crippen LogP contribution in [0.3, 0.4) is 0 Å². The van der Waals surface area contributed by atoms with E-state index in [1.54, 1.807) is 0 Å². The van der Waals surface area contributed by atoms with Crippen molar-refractivity contribution in [2.75, 3.05) is 6.54 Å². The highest BCUT2D eigenvalue weighted by atomic mass is 79.9. The molecule has 1 N–H and O–H groups in total. The molecule has 1 aromatic carbocycles. The van der Waals surface area contributed by atoms with E-state index in [0.29, 0.717) is 12.0 Å². The van der Waals surface area contributed by atoms with E-state index in [-0.39, 0.29) is 0 Å². The molecule has 0 aliphatic heterocycles. The Labute approximate surface area is 134 Å². The first-order chi connectivity index (χ1) is 9.65. The Balaban J connectivity index is 1.91. The fraction of sp³-hybridized carbons (Fsp3) is 0.412. The second kappa shape index (κ2) is 7.96. The molecule has 0 bridgehead atoms. The molecular formula is C17H22BrNS. The normalized spacial score (nSPS) is 12.8. The molecule has 2 rings (SSSR count). The molecule has 1 unspecified atom stereocenters. The van der Waals surface area contributed by atoms with Gasteiger partial charge < -0.3 is 5.32 Å². The Bertz CT molecular complexity index is 507. The Hall–Kier alpha value is -0.640. The molecule has 0 spiro atoms. The summed E-state index contributed by atoms with van der Waals surface area (Å²) >= 11 is 5.35. The SMILES string of the molecule is CC(C)CC(NCCc1ccc(Br)s1)c1ccccc1. The lowest BCUT2D eigenvalue weighted by Gasteiger charge is -2.21. The van der Waals surface area contributed by atoms with Crippen LogP contribution in [0.1, 0.15) is 36.8 Å². The molecule has 2 aromatic rings. The van der Waals surface area contributed by atoms with Gasteiger partial charge in [-0.1, -0.05) is 44.2 Å². The molecule has 1 nitrogen and oxygen atoms in total. The molecule has 3 heteroatoms. The van der Waals surface area contributed by atoms with Gasteiger partial charge >= 0.3 is 0 Å². The van der Waals surface area contributed by atoms with Gasteiger partial charge in [0.15, 0.2) is 0 Å². The van der Waals surface area contributed by atoms with Crippen molar-refractivity contribution in [3.05, 3.63) is 56.7 Å². The van der Waals surface area contributed by atoms with E-state index >= 15 is 0 Å². The zero-order valence-electron chi connectivity index (χ0n) is 12.1. The molecule has 20 heavy (non-hydrogen) atoms. The summed E-state index contributed by atoms with van der Waals surface area (Å²) in [5.74, 6) is 0.698. The molecule has 1 aromatic heterocycles. The van der Waals surface area contributed by atoms with Crippen LogP contribution < -0.4 is 5.32 Å². The van der Waals surface area contributed by atoms with Crippen molar-refractivity contribution in [3.63, 3.8) is 0 Å². The first-order valence-corrected chi connectivity index (χ1v) is 8.78. The predicted octanol–water partition coefficient (Wildman–Crippen LogP) is 5.43. The summed E-state index contributed by atoms with van der Waals surface area (Å²) in [6, 6.07) is 15.6. The lowest BCUT2D eigenvalue weighted by molar-refractivity contribution is 0.432. The third kappa shape index (κ3) is 5.04. The first kappa shape index (κ1) is 15.7. The fourth-order valence-electron chi connectivity index (χ4n) is 2.35. The smallest absolute Gasteiger partial charge is 0.0701 e. The van der Waals surface area contributed by atoms with Crippen LogP contribution in [0.25, 0.3) is 0 Å². The second-order valence-corrected chi connectivity index (χ2v) is 8.05. The monoisotopic (exact) mass is 351 g/mol. The van der Waals surface area contributed by atoms with Crippen molar-refractivity contribution < 1.29 is 0 Å². The Morgan fingerprint density at radius 3 is 2.45 bits per heavy atom. The van der Waals surface area contributed by atoms with Crippen molar-refractivity contribution in [1.29, 1.82) is 0 Å². The van der Waals surface area contributed by atoms with E-state index in [9.17, 15) is 0 Å². The van der Waals surface area contributed by atoms with Crippen molar-refractivity contribution in [3.8, 4) is 0 Å². The summed E-state index contributed by atoms with van der Waals surface area (Å²) in [5, 5.41) is 3.72. The van der Waals surface area contributed by atoms with E-state index in [1.807, 2.05) is 11.3 Å². The van der Waals surface area contributed by atoms with E-state index in [1.165, 1.54) is 20.6 Å². The minimum atomic E-state index is 0.458. The molecule has 0 aliphatic rings. The number of rotatable bonds is 7. The molecule has 0 radical (unpaired) electrons. The Morgan fingerprint density at radius 1 is 1.10 bits per heavy atom. The predicted molar refractivity (Wildman–Crippen MR) is 92.4 cm³/mol. The van der Waals surface area contributed by atoms with Gasteiger partial charge in [-0.25, -0.2) is 0 Å². The van der Waals surface area contributed by atoms with Crippen molar-refractivity contribution in [2.45, 2.75) is 32.7 Å². The van der Waals surface area contributed by atoms with E-state index in [2.05, 4.69) is 77.6 Å². The lowest BCUT2D eigenvalue weighted by atomic mass is 9.97. The van der Waals surface area contributed by atoms with Gasteiger partial charge in [0.25, 0.3) is 0 Å². The molecule has 0 amide bonds. The van der Waals surface area contributed by atoms with Crippen LogP contribution in [-0.2, 0) is 6.42 Å². The van der Waals surface area contributed by atoms with Crippen LogP contribution in [0.15, 0.2) is 46.3 Å². The topological polar surface area (TPSA) is 12.0 Å². The molecule has 1 heterocycles. The van der Waals surface area contributed by atoms with Gasteiger partial charge in [-0.15, -0.1) is 11.3 Å². The van der Waals surface area contributed by atoms with Crippen LogP contribution >= 0.6 is 27.3 Å². The minimum absolute atomic E-state index is 0.458. The molecule has 0 fully saturated rings. The van der Waals surface area contributed by atoms with Crippen LogP contribution in [-0.4, -0.2) is 6.54 Å². The number of thiophene rings is 1. The number of nitrogens with one attached hydrogen (secondary N) is 1. The fourth-order valence-corrected chi connectivity index (χ4v) is 3.83. The second-order valence-electron chi connectivity index (χ2n) is 5.50. The largest absolute Gasteiger partial charge is 0.310 e. The quantitative estimate of drug-likeness (QED) is 0.701. The molecule has 108 valence electrons. The van der Waals surface area contributed by atoms with Gasteiger partial charge in [0, 0.05) is 17.5 Å². The lowest BCUT2D eigenvalue weighted by Crippen LogP contribution is -2.24. The number of halogens is 1. The van der Waals surface area contributed by atoms with Crippen LogP contribution in [0.4, 0.5) is 0 Å². The van der Waals surface area contributed by atoms with Gasteiger partial charge in [0.05, 0.1) is 3.79 Å². The summed E-state index contributed by atoms with van der Waals surface area (Å²) in [5.41, 5.74) is 1.40. The maximum atomic E-state index is 3.72. The highest BCUT2D eigenvalue weighted by molar-refractivity contribution is 9.11. The summed E-state index contributed by atoms with van der Waals surface area (Å²) in [6.07, 6.45) is 2.27. The summed E-state index contributed by atoms with van der Waals surface area (Å²) < 4.78 is 1.22. The van der Waals surface area contributed by atoms with Gasteiger partial charge in [-0.05, 0) is 52.4 Å². The van der Waals surface area contributed by atoms with Gasteiger partial charge in [0.2, 0.25) is 0 Å².